The number of nitrogens with one attached hydrogen (secondary N) is 1. The van der Waals surface area contributed by atoms with Crippen molar-refractivity contribution in [3.63, 3.8) is 0 Å². The van der Waals surface area contributed by atoms with Gasteiger partial charge in [0.15, 0.2) is 0 Å². The zero-order chi connectivity index (χ0) is 12.8. The molecule has 0 aliphatic heterocycles. The van der Waals surface area contributed by atoms with Crippen molar-refractivity contribution in [1.82, 2.24) is 13.8 Å². The number of aryl methyl sites for hydroxylation is 1. The molecule has 0 spiro atoms. The van der Waals surface area contributed by atoms with Gasteiger partial charge < -0.3 is 5.32 Å². The summed E-state index contributed by atoms with van der Waals surface area (Å²) in [5.74, 6) is 0. The summed E-state index contributed by atoms with van der Waals surface area (Å²) in [4.78, 5) is 27.5. The minimum atomic E-state index is -0.435. The molecule has 1 N–H and O–H groups in total. The van der Waals surface area contributed by atoms with Crippen molar-refractivity contribution in [3.8, 4) is 0 Å². The number of allylic oxidation sites excluding steroid dienone is 1. The first-order valence-electron chi connectivity index (χ1n) is 5.38. The molecule has 0 aromatic carbocycles. The van der Waals surface area contributed by atoms with Gasteiger partial charge in [-0.15, -0.1) is 6.58 Å². The minimum absolute atomic E-state index is 0.166. The fraction of sp³-hybridized carbons (Fsp3) is 0.500. The van der Waals surface area contributed by atoms with E-state index in [0.717, 1.165) is 0 Å². The normalized spacial score (nSPS) is 11.5. The Labute approximate surface area is 103 Å². The van der Waals surface area contributed by atoms with Gasteiger partial charge in [0, 0.05) is 19.6 Å². The average Bonchev–Trinajstić information content (AvgIpc) is 2.58. The summed E-state index contributed by atoms with van der Waals surface area (Å²) >= 11 is 1.17. The Morgan fingerprint density at radius 1 is 1.59 bits per heavy atom. The van der Waals surface area contributed by atoms with Crippen LogP contribution >= 0.6 is 11.5 Å². The number of hydrogen-bond donors (Lipinski definition) is 1. The monoisotopic (exact) mass is 256 g/mol. The topological polar surface area (TPSA) is 68.4 Å². The summed E-state index contributed by atoms with van der Waals surface area (Å²) in [6, 6.07) is -0.435. The lowest BCUT2D eigenvalue weighted by Gasteiger charge is -1.95. The third kappa shape index (κ3) is 3.16. The number of nitrogens with zero attached hydrogens (tertiary/aromatic N) is 3. The molecule has 94 valence electrons. The Balaban J connectivity index is 3.26. The zero-order valence-corrected chi connectivity index (χ0v) is 10.8. The first kappa shape index (κ1) is 13.4. The summed E-state index contributed by atoms with van der Waals surface area (Å²) in [5.41, 5.74) is -0.166. The molecule has 1 aromatic heterocycles. The van der Waals surface area contributed by atoms with E-state index in [4.69, 9.17) is 0 Å². The Kier molecular flexibility index (Phi) is 4.89. The number of urea groups is 1. The van der Waals surface area contributed by atoms with Crippen molar-refractivity contribution in [3.05, 3.63) is 27.9 Å². The molecule has 0 fully saturated rings. The van der Waals surface area contributed by atoms with Crippen LogP contribution in [-0.4, -0.2) is 21.1 Å². The predicted octanol–water partition coefficient (Wildman–Crippen LogP) is 0.547. The smallest absolute Gasteiger partial charge is 0.336 e. The molecule has 0 unspecified atom stereocenters. The Morgan fingerprint density at radius 2 is 2.29 bits per heavy atom. The Morgan fingerprint density at radius 3 is 2.82 bits per heavy atom. The molecule has 0 radical (unpaired) electrons. The lowest BCUT2D eigenvalue weighted by atomic mass is 10.6. The molecule has 2 amide bonds. The molecule has 6 nitrogen and oxygen atoms in total. The predicted molar refractivity (Wildman–Crippen MR) is 67.1 cm³/mol. The van der Waals surface area contributed by atoms with Crippen molar-refractivity contribution in [2.45, 2.75) is 26.9 Å². The lowest BCUT2D eigenvalue weighted by Crippen LogP contribution is -2.30. The molecular weight excluding hydrogens is 240 g/mol. The van der Waals surface area contributed by atoms with Crippen LogP contribution in [0.2, 0.25) is 0 Å². The fourth-order valence-electron chi connectivity index (χ4n) is 1.25. The van der Waals surface area contributed by atoms with Crippen LogP contribution in [0.5, 0.6) is 0 Å². The molecule has 0 bridgehead atoms. The van der Waals surface area contributed by atoms with Crippen LogP contribution in [-0.2, 0) is 13.1 Å². The van der Waals surface area contributed by atoms with Gasteiger partial charge in [-0.2, -0.15) is 4.99 Å². The largest absolute Gasteiger partial charge is 0.343 e. The van der Waals surface area contributed by atoms with Gasteiger partial charge in [0.25, 0.3) is 0 Å². The maximum absolute atomic E-state index is 11.8. The van der Waals surface area contributed by atoms with Gasteiger partial charge in [0.05, 0.1) is 0 Å². The standard InChI is InChI=1S/C10H16N4O2S/c1-4-7-13-9(12-8(15)11-5-2)17-14(6-3)10(13)16/h4H,1,5-7H2,2-3H3,(H,11,15)/b12-9-. The molecule has 0 saturated heterocycles. The first-order valence-corrected chi connectivity index (χ1v) is 6.15. The molecule has 0 aliphatic carbocycles. The quantitative estimate of drug-likeness (QED) is 0.799. The molecular formula is C10H16N4O2S. The van der Waals surface area contributed by atoms with E-state index >= 15 is 0 Å². The number of rotatable bonds is 4. The van der Waals surface area contributed by atoms with Crippen molar-refractivity contribution in [1.29, 1.82) is 0 Å². The van der Waals surface area contributed by atoms with Crippen molar-refractivity contribution in [2.75, 3.05) is 6.54 Å². The highest BCUT2D eigenvalue weighted by molar-refractivity contribution is 7.03. The minimum Gasteiger partial charge on any atom is -0.336 e. The molecule has 7 heteroatoms. The SMILES string of the molecule is C=CCn1c(=O)n(CC)s/c1=N\C(=O)NCC. The van der Waals surface area contributed by atoms with Gasteiger partial charge in [-0.3, -0.25) is 4.57 Å². The Hall–Kier alpha value is -1.63. The Bertz CT molecular complexity index is 523. The first-order chi connectivity index (χ1) is 8.13. The molecule has 0 atom stereocenters. The van der Waals surface area contributed by atoms with Crippen molar-refractivity contribution < 1.29 is 4.79 Å². The van der Waals surface area contributed by atoms with E-state index in [1.54, 1.807) is 10.0 Å². The fourth-order valence-corrected chi connectivity index (χ4v) is 2.12. The number of amides is 2. The van der Waals surface area contributed by atoms with E-state index < -0.39 is 6.03 Å². The maximum atomic E-state index is 11.8. The summed E-state index contributed by atoms with van der Waals surface area (Å²) < 4.78 is 2.97. The molecule has 0 aliphatic rings. The highest BCUT2D eigenvalue weighted by atomic mass is 32.1. The number of hydrogen-bond acceptors (Lipinski definition) is 3. The van der Waals surface area contributed by atoms with Crippen LogP contribution in [0, 0.1) is 0 Å². The second-order valence-electron chi connectivity index (χ2n) is 3.20. The van der Waals surface area contributed by atoms with Crippen LogP contribution in [0.25, 0.3) is 0 Å². The highest BCUT2D eigenvalue weighted by Crippen LogP contribution is 1.88. The van der Waals surface area contributed by atoms with E-state index in [-0.39, 0.29) is 5.69 Å². The van der Waals surface area contributed by atoms with E-state index in [9.17, 15) is 9.59 Å². The van der Waals surface area contributed by atoms with E-state index in [1.807, 2.05) is 13.8 Å². The van der Waals surface area contributed by atoms with Gasteiger partial charge >= 0.3 is 11.7 Å². The van der Waals surface area contributed by atoms with Crippen LogP contribution in [0.15, 0.2) is 22.4 Å². The summed E-state index contributed by atoms with van der Waals surface area (Å²) in [5, 5.41) is 2.56. The van der Waals surface area contributed by atoms with E-state index in [0.29, 0.717) is 24.4 Å². The molecule has 1 aromatic rings. The second-order valence-corrected chi connectivity index (χ2v) is 4.19. The number of carbonyl (C=O) groups excluding carboxylic acids is 1. The summed E-state index contributed by atoms with van der Waals surface area (Å²) in [6.07, 6.45) is 1.60. The van der Waals surface area contributed by atoms with Crippen molar-refractivity contribution in [2.24, 2.45) is 4.99 Å². The lowest BCUT2D eigenvalue weighted by molar-refractivity contribution is 0.249. The van der Waals surface area contributed by atoms with Crippen LogP contribution in [0.4, 0.5) is 4.79 Å². The zero-order valence-electron chi connectivity index (χ0n) is 9.97. The molecule has 17 heavy (non-hydrogen) atoms. The van der Waals surface area contributed by atoms with Gasteiger partial charge in [0.2, 0.25) is 4.80 Å². The summed E-state index contributed by atoms with van der Waals surface area (Å²) in [6.45, 7) is 8.68. The van der Waals surface area contributed by atoms with Crippen LogP contribution in [0.3, 0.4) is 0 Å². The van der Waals surface area contributed by atoms with Crippen molar-refractivity contribution >= 4 is 17.6 Å². The van der Waals surface area contributed by atoms with Gasteiger partial charge in [0.1, 0.15) is 0 Å². The summed E-state index contributed by atoms with van der Waals surface area (Å²) in [7, 11) is 0. The third-order valence-electron chi connectivity index (χ3n) is 1.99. The molecule has 1 heterocycles. The number of aromatic nitrogens is 2. The molecule has 1 rings (SSSR count). The van der Waals surface area contributed by atoms with E-state index in [1.165, 1.54) is 16.1 Å². The average molecular weight is 256 g/mol. The highest BCUT2D eigenvalue weighted by Gasteiger charge is 2.07. The van der Waals surface area contributed by atoms with Crippen LogP contribution < -0.4 is 15.8 Å². The van der Waals surface area contributed by atoms with Gasteiger partial charge in [-0.25, -0.2) is 13.5 Å². The maximum Gasteiger partial charge on any atom is 0.343 e. The van der Waals surface area contributed by atoms with E-state index in [2.05, 4.69) is 16.9 Å². The third-order valence-corrected chi connectivity index (χ3v) is 3.10. The number of carbonyl (C=O) groups is 1. The second kappa shape index (κ2) is 6.19. The molecule has 0 saturated carbocycles. The van der Waals surface area contributed by atoms with Crippen LogP contribution in [0.1, 0.15) is 13.8 Å². The van der Waals surface area contributed by atoms with Gasteiger partial charge in [-0.05, 0) is 25.4 Å². The van der Waals surface area contributed by atoms with Gasteiger partial charge in [-0.1, -0.05) is 6.08 Å².